The Balaban J connectivity index is 1.96. The zero-order chi connectivity index (χ0) is 11.8. The summed E-state index contributed by atoms with van der Waals surface area (Å²) < 4.78 is 0. The molecule has 0 saturated heterocycles. The minimum Gasteiger partial charge on any atom is -0.480 e. The van der Waals surface area contributed by atoms with Crippen LogP contribution in [0.4, 0.5) is 0 Å². The smallest absolute Gasteiger partial charge is 0.323 e. The van der Waals surface area contributed by atoms with Crippen molar-refractivity contribution in [3.8, 4) is 0 Å². The number of aliphatic carboxylic acids is 1. The van der Waals surface area contributed by atoms with Gasteiger partial charge in [-0.15, -0.1) is 0 Å². The zero-order valence-corrected chi connectivity index (χ0v) is 9.60. The van der Waals surface area contributed by atoms with Crippen molar-refractivity contribution in [1.82, 2.24) is 5.32 Å². The lowest BCUT2D eigenvalue weighted by atomic mass is 10.1. The molecule has 1 aliphatic rings. The van der Waals surface area contributed by atoms with E-state index < -0.39 is 11.5 Å². The number of carboxylic acid groups (broad SMARTS) is 1. The Bertz CT molecular complexity index is 386. The first kappa shape index (κ1) is 11.1. The highest BCUT2D eigenvalue weighted by Gasteiger charge is 2.43. The molecule has 2 unspecified atom stereocenters. The van der Waals surface area contributed by atoms with E-state index in [1.165, 1.54) is 5.56 Å². The Morgan fingerprint density at radius 2 is 2.00 bits per heavy atom. The first-order valence-electron chi connectivity index (χ1n) is 5.57. The molecule has 86 valence electrons. The second-order valence-electron chi connectivity index (χ2n) is 4.93. The molecule has 0 spiro atoms. The average molecular weight is 219 g/mol. The molecule has 2 N–H and O–H groups in total. The lowest BCUT2D eigenvalue weighted by molar-refractivity contribution is -0.143. The molecule has 0 radical (unpaired) electrons. The van der Waals surface area contributed by atoms with Crippen molar-refractivity contribution >= 4 is 5.97 Å². The van der Waals surface area contributed by atoms with Crippen LogP contribution in [0.2, 0.25) is 0 Å². The molecular weight excluding hydrogens is 202 g/mol. The van der Waals surface area contributed by atoms with Crippen molar-refractivity contribution in [1.29, 1.82) is 0 Å². The van der Waals surface area contributed by atoms with Crippen molar-refractivity contribution < 1.29 is 9.90 Å². The van der Waals surface area contributed by atoms with Gasteiger partial charge in [-0.05, 0) is 25.8 Å². The van der Waals surface area contributed by atoms with E-state index in [9.17, 15) is 4.79 Å². The molecule has 1 aromatic rings. The predicted octanol–water partition coefficient (Wildman–Crippen LogP) is 2.00. The van der Waals surface area contributed by atoms with Crippen molar-refractivity contribution in [2.45, 2.75) is 37.8 Å². The van der Waals surface area contributed by atoms with Gasteiger partial charge in [0.1, 0.15) is 5.54 Å². The Labute approximate surface area is 95.5 Å². The standard InChI is InChI=1S/C13H17NO2/c1-13(2,12(15)16)14-11-8-10(11)9-6-4-3-5-7-9/h3-7,10-11,14H,8H2,1-2H3,(H,15,16). The van der Waals surface area contributed by atoms with Gasteiger partial charge in [-0.2, -0.15) is 0 Å². The molecule has 3 heteroatoms. The van der Waals surface area contributed by atoms with Gasteiger partial charge in [0, 0.05) is 12.0 Å². The number of rotatable bonds is 4. The molecular formula is C13H17NO2. The summed E-state index contributed by atoms with van der Waals surface area (Å²) in [6, 6.07) is 10.5. The number of carboxylic acids is 1. The van der Waals surface area contributed by atoms with Crippen LogP contribution in [-0.2, 0) is 4.79 Å². The second kappa shape index (κ2) is 3.91. The van der Waals surface area contributed by atoms with Gasteiger partial charge in [-0.1, -0.05) is 30.3 Å². The quantitative estimate of drug-likeness (QED) is 0.814. The average Bonchev–Trinajstić information content (AvgIpc) is 2.97. The van der Waals surface area contributed by atoms with Crippen molar-refractivity contribution in [3.05, 3.63) is 35.9 Å². The highest BCUT2D eigenvalue weighted by atomic mass is 16.4. The summed E-state index contributed by atoms with van der Waals surface area (Å²) in [5.74, 6) is -0.328. The van der Waals surface area contributed by atoms with Crippen molar-refractivity contribution in [2.75, 3.05) is 0 Å². The normalized spacial score (nSPS) is 24.1. The van der Waals surface area contributed by atoms with E-state index in [0.29, 0.717) is 12.0 Å². The van der Waals surface area contributed by atoms with Crippen LogP contribution in [0.15, 0.2) is 30.3 Å². The number of carbonyl (C=O) groups is 1. The summed E-state index contributed by atoms with van der Waals surface area (Å²) in [5.41, 5.74) is 0.454. The maximum Gasteiger partial charge on any atom is 0.323 e. The monoisotopic (exact) mass is 219 g/mol. The van der Waals surface area contributed by atoms with E-state index in [2.05, 4.69) is 17.4 Å². The van der Waals surface area contributed by atoms with Crippen LogP contribution in [0, 0.1) is 0 Å². The fraction of sp³-hybridized carbons (Fsp3) is 0.462. The number of hydrogen-bond acceptors (Lipinski definition) is 2. The topological polar surface area (TPSA) is 49.3 Å². The molecule has 0 heterocycles. The van der Waals surface area contributed by atoms with Gasteiger partial charge in [0.15, 0.2) is 0 Å². The highest BCUT2D eigenvalue weighted by Crippen LogP contribution is 2.41. The summed E-state index contributed by atoms with van der Waals surface area (Å²) in [4.78, 5) is 11.0. The summed E-state index contributed by atoms with van der Waals surface area (Å²) in [7, 11) is 0. The third-order valence-electron chi connectivity index (χ3n) is 3.10. The van der Waals surface area contributed by atoms with Crippen LogP contribution >= 0.6 is 0 Å². The Morgan fingerprint density at radius 1 is 1.38 bits per heavy atom. The van der Waals surface area contributed by atoms with E-state index in [1.54, 1.807) is 13.8 Å². The summed E-state index contributed by atoms with van der Waals surface area (Å²) in [6.45, 7) is 3.41. The Morgan fingerprint density at radius 3 is 2.56 bits per heavy atom. The van der Waals surface area contributed by atoms with Crippen LogP contribution in [0.1, 0.15) is 31.7 Å². The number of benzene rings is 1. The van der Waals surface area contributed by atoms with E-state index >= 15 is 0 Å². The van der Waals surface area contributed by atoms with Crippen LogP contribution in [0.25, 0.3) is 0 Å². The minimum absolute atomic E-state index is 0.300. The molecule has 1 fully saturated rings. The van der Waals surface area contributed by atoms with Gasteiger partial charge in [0.05, 0.1) is 0 Å². The van der Waals surface area contributed by atoms with Crippen LogP contribution in [0.3, 0.4) is 0 Å². The van der Waals surface area contributed by atoms with Crippen LogP contribution in [-0.4, -0.2) is 22.7 Å². The van der Waals surface area contributed by atoms with Crippen molar-refractivity contribution in [2.24, 2.45) is 0 Å². The minimum atomic E-state index is -0.839. The molecule has 1 aliphatic carbocycles. The summed E-state index contributed by atoms with van der Waals surface area (Å²) in [5, 5.41) is 12.2. The van der Waals surface area contributed by atoms with Gasteiger partial charge in [0.2, 0.25) is 0 Å². The van der Waals surface area contributed by atoms with Crippen molar-refractivity contribution in [3.63, 3.8) is 0 Å². The predicted molar refractivity (Wildman–Crippen MR) is 62.4 cm³/mol. The van der Waals surface area contributed by atoms with E-state index in [1.807, 2.05) is 18.2 Å². The zero-order valence-electron chi connectivity index (χ0n) is 9.60. The van der Waals surface area contributed by atoms with E-state index in [4.69, 9.17) is 5.11 Å². The largest absolute Gasteiger partial charge is 0.480 e. The molecule has 2 atom stereocenters. The number of hydrogen-bond donors (Lipinski definition) is 2. The third-order valence-corrected chi connectivity index (χ3v) is 3.10. The molecule has 3 nitrogen and oxygen atoms in total. The number of nitrogens with one attached hydrogen (secondary N) is 1. The second-order valence-corrected chi connectivity index (χ2v) is 4.93. The molecule has 0 bridgehead atoms. The third kappa shape index (κ3) is 2.25. The van der Waals surface area contributed by atoms with E-state index in [-0.39, 0.29) is 0 Å². The molecule has 1 aromatic carbocycles. The molecule has 0 amide bonds. The van der Waals surface area contributed by atoms with Gasteiger partial charge in [-0.25, -0.2) is 0 Å². The maximum absolute atomic E-state index is 11.0. The van der Waals surface area contributed by atoms with Gasteiger partial charge in [0.25, 0.3) is 0 Å². The maximum atomic E-state index is 11.0. The molecule has 1 saturated carbocycles. The first-order valence-corrected chi connectivity index (χ1v) is 5.57. The fourth-order valence-electron chi connectivity index (χ4n) is 1.95. The first-order chi connectivity index (χ1) is 7.50. The van der Waals surface area contributed by atoms with Gasteiger partial charge >= 0.3 is 5.97 Å². The van der Waals surface area contributed by atoms with E-state index in [0.717, 1.165) is 6.42 Å². The lowest BCUT2D eigenvalue weighted by Crippen LogP contribution is -2.48. The van der Waals surface area contributed by atoms with Crippen LogP contribution in [0.5, 0.6) is 0 Å². The molecule has 0 aromatic heterocycles. The van der Waals surface area contributed by atoms with Crippen LogP contribution < -0.4 is 5.32 Å². The lowest BCUT2D eigenvalue weighted by Gasteiger charge is -2.21. The molecule has 2 rings (SSSR count). The summed E-state index contributed by atoms with van der Waals surface area (Å²) in [6.07, 6.45) is 1.03. The van der Waals surface area contributed by atoms with Gasteiger partial charge in [-0.3, -0.25) is 10.1 Å². The summed E-state index contributed by atoms with van der Waals surface area (Å²) >= 11 is 0. The Kier molecular flexibility index (Phi) is 2.72. The molecule has 16 heavy (non-hydrogen) atoms. The molecule has 0 aliphatic heterocycles. The SMILES string of the molecule is CC(C)(NC1CC1c1ccccc1)C(=O)O. The fourth-order valence-corrected chi connectivity index (χ4v) is 1.95. The highest BCUT2D eigenvalue weighted by molar-refractivity contribution is 5.77. The van der Waals surface area contributed by atoms with Gasteiger partial charge < -0.3 is 5.11 Å². The Hall–Kier alpha value is -1.35.